The lowest BCUT2D eigenvalue weighted by Gasteiger charge is -2.26. The molecule has 1 aliphatic rings. The van der Waals surface area contributed by atoms with Crippen LogP contribution in [0.1, 0.15) is 38.2 Å². The monoisotopic (exact) mass is 277 g/mol. The second kappa shape index (κ2) is 8.93. The molecule has 0 aromatic carbocycles. The number of ether oxygens (including phenoxy) is 1. The summed E-state index contributed by atoms with van der Waals surface area (Å²) in [5.41, 5.74) is 1.15. The highest BCUT2D eigenvalue weighted by atomic mass is 16.5. The molecule has 0 unspecified atom stereocenters. The van der Waals surface area contributed by atoms with Crippen LogP contribution in [0.4, 0.5) is 0 Å². The van der Waals surface area contributed by atoms with Crippen LogP contribution in [-0.2, 0) is 6.54 Å². The molecule has 1 aliphatic heterocycles. The van der Waals surface area contributed by atoms with Crippen LogP contribution >= 0.6 is 0 Å². The Labute approximate surface area is 122 Å². The number of pyridine rings is 1. The summed E-state index contributed by atoms with van der Waals surface area (Å²) in [6, 6.07) is 4.06. The highest BCUT2D eigenvalue weighted by Crippen LogP contribution is 2.14. The quantitative estimate of drug-likeness (QED) is 0.741. The Morgan fingerprint density at radius 3 is 2.95 bits per heavy atom. The Hall–Kier alpha value is -1.13. The minimum absolute atomic E-state index is 0.734. The lowest BCUT2D eigenvalue weighted by molar-refractivity contribution is 0.179. The Bertz CT molecular complexity index is 378. The van der Waals surface area contributed by atoms with Gasteiger partial charge in [-0.1, -0.05) is 19.4 Å². The van der Waals surface area contributed by atoms with Crippen molar-refractivity contribution in [3.05, 3.63) is 23.9 Å². The standard InChI is InChI=1S/C16H27N3O/c1-2-8-17-14-15-7-6-9-18-16(15)20-13-12-19-10-4-3-5-11-19/h6-7,9,17H,2-5,8,10-14H2,1H3. The van der Waals surface area contributed by atoms with E-state index in [-0.39, 0.29) is 0 Å². The topological polar surface area (TPSA) is 37.4 Å². The first-order valence-electron chi connectivity index (χ1n) is 7.90. The van der Waals surface area contributed by atoms with Gasteiger partial charge in [0.25, 0.3) is 0 Å². The van der Waals surface area contributed by atoms with E-state index in [1.54, 1.807) is 6.20 Å². The SMILES string of the molecule is CCCNCc1cccnc1OCCN1CCCCC1. The van der Waals surface area contributed by atoms with Gasteiger partial charge in [-0.15, -0.1) is 0 Å². The van der Waals surface area contributed by atoms with E-state index in [1.807, 2.05) is 6.07 Å². The summed E-state index contributed by atoms with van der Waals surface area (Å²) in [5, 5.41) is 3.40. The number of piperidine rings is 1. The molecule has 0 amide bonds. The summed E-state index contributed by atoms with van der Waals surface area (Å²) in [7, 11) is 0. The van der Waals surface area contributed by atoms with Gasteiger partial charge < -0.3 is 10.1 Å². The van der Waals surface area contributed by atoms with Crippen LogP contribution in [0, 0.1) is 0 Å². The minimum Gasteiger partial charge on any atom is -0.476 e. The van der Waals surface area contributed by atoms with Crippen LogP contribution in [0.5, 0.6) is 5.88 Å². The summed E-state index contributed by atoms with van der Waals surface area (Å²) >= 11 is 0. The number of nitrogens with one attached hydrogen (secondary N) is 1. The molecule has 0 saturated carbocycles. The van der Waals surface area contributed by atoms with E-state index >= 15 is 0 Å². The molecule has 112 valence electrons. The van der Waals surface area contributed by atoms with Crippen LogP contribution in [0.2, 0.25) is 0 Å². The predicted molar refractivity (Wildman–Crippen MR) is 82.0 cm³/mol. The fourth-order valence-corrected chi connectivity index (χ4v) is 2.54. The molecule has 20 heavy (non-hydrogen) atoms. The molecule has 0 radical (unpaired) electrons. The molecule has 4 heteroatoms. The van der Waals surface area contributed by atoms with E-state index in [4.69, 9.17) is 4.74 Å². The van der Waals surface area contributed by atoms with Gasteiger partial charge in [-0.3, -0.25) is 4.90 Å². The molecule has 0 atom stereocenters. The third-order valence-corrected chi connectivity index (χ3v) is 3.69. The average molecular weight is 277 g/mol. The van der Waals surface area contributed by atoms with E-state index in [0.29, 0.717) is 0 Å². The maximum atomic E-state index is 5.88. The van der Waals surface area contributed by atoms with E-state index < -0.39 is 0 Å². The largest absolute Gasteiger partial charge is 0.476 e. The Balaban J connectivity index is 1.76. The zero-order valence-electron chi connectivity index (χ0n) is 12.6. The molecule has 1 aromatic heterocycles. The summed E-state index contributed by atoms with van der Waals surface area (Å²) in [6.07, 6.45) is 6.99. The van der Waals surface area contributed by atoms with Crippen molar-refractivity contribution in [2.45, 2.75) is 39.2 Å². The molecule has 1 N–H and O–H groups in total. The molecule has 1 fully saturated rings. The van der Waals surface area contributed by atoms with Crippen molar-refractivity contribution in [1.82, 2.24) is 15.2 Å². The van der Waals surface area contributed by atoms with Crippen molar-refractivity contribution in [3.63, 3.8) is 0 Å². The number of likely N-dealkylation sites (tertiary alicyclic amines) is 1. The number of aromatic nitrogens is 1. The molecule has 0 spiro atoms. The first kappa shape index (κ1) is 15.3. The first-order chi connectivity index (χ1) is 9.90. The van der Waals surface area contributed by atoms with E-state index in [0.717, 1.165) is 44.1 Å². The van der Waals surface area contributed by atoms with Crippen molar-refractivity contribution in [2.75, 3.05) is 32.8 Å². The normalized spacial score (nSPS) is 16.2. The third kappa shape index (κ3) is 5.10. The van der Waals surface area contributed by atoms with Gasteiger partial charge in [0.1, 0.15) is 6.61 Å². The molecule has 0 bridgehead atoms. The number of hydrogen-bond donors (Lipinski definition) is 1. The molecule has 1 saturated heterocycles. The van der Waals surface area contributed by atoms with Gasteiger partial charge in [-0.05, 0) is 45.0 Å². The number of hydrogen-bond acceptors (Lipinski definition) is 4. The van der Waals surface area contributed by atoms with Gasteiger partial charge in [-0.25, -0.2) is 4.98 Å². The van der Waals surface area contributed by atoms with Crippen LogP contribution in [0.15, 0.2) is 18.3 Å². The molecule has 2 rings (SSSR count). The smallest absolute Gasteiger partial charge is 0.217 e. The highest BCUT2D eigenvalue weighted by molar-refractivity contribution is 5.25. The summed E-state index contributed by atoms with van der Waals surface area (Å²) in [4.78, 5) is 6.85. The Morgan fingerprint density at radius 1 is 1.30 bits per heavy atom. The molecular weight excluding hydrogens is 250 g/mol. The van der Waals surface area contributed by atoms with E-state index in [1.165, 1.54) is 32.4 Å². The summed E-state index contributed by atoms with van der Waals surface area (Å²) in [6.45, 7) is 8.22. The lowest BCUT2D eigenvalue weighted by Crippen LogP contribution is -2.33. The average Bonchev–Trinajstić information content (AvgIpc) is 2.50. The number of rotatable bonds is 8. The van der Waals surface area contributed by atoms with Gasteiger partial charge in [0.05, 0.1) is 0 Å². The van der Waals surface area contributed by atoms with Crippen molar-refractivity contribution in [3.8, 4) is 5.88 Å². The fourth-order valence-electron chi connectivity index (χ4n) is 2.54. The lowest BCUT2D eigenvalue weighted by atomic mass is 10.1. The predicted octanol–water partition coefficient (Wildman–Crippen LogP) is 2.45. The van der Waals surface area contributed by atoms with E-state index in [2.05, 4.69) is 28.2 Å². The van der Waals surface area contributed by atoms with Crippen molar-refractivity contribution in [2.24, 2.45) is 0 Å². The first-order valence-corrected chi connectivity index (χ1v) is 7.90. The van der Waals surface area contributed by atoms with Gasteiger partial charge in [0.2, 0.25) is 5.88 Å². The molecule has 0 aliphatic carbocycles. The zero-order valence-corrected chi connectivity index (χ0v) is 12.6. The minimum atomic E-state index is 0.734. The van der Waals surface area contributed by atoms with Gasteiger partial charge in [-0.2, -0.15) is 0 Å². The van der Waals surface area contributed by atoms with Crippen LogP contribution in [0.3, 0.4) is 0 Å². The molecule has 2 heterocycles. The summed E-state index contributed by atoms with van der Waals surface area (Å²) < 4.78 is 5.88. The van der Waals surface area contributed by atoms with Gasteiger partial charge in [0, 0.05) is 24.8 Å². The fraction of sp³-hybridized carbons (Fsp3) is 0.688. The van der Waals surface area contributed by atoms with Crippen LogP contribution < -0.4 is 10.1 Å². The van der Waals surface area contributed by atoms with Crippen LogP contribution in [-0.4, -0.2) is 42.7 Å². The van der Waals surface area contributed by atoms with Gasteiger partial charge >= 0.3 is 0 Å². The third-order valence-electron chi connectivity index (χ3n) is 3.69. The molecule has 1 aromatic rings. The molecular formula is C16H27N3O. The van der Waals surface area contributed by atoms with Crippen molar-refractivity contribution < 1.29 is 4.74 Å². The maximum absolute atomic E-state index is 5.88. The molecule has 4 nitrogen and oxygen atoms in total. The van der Waals surface area contributed by atoms with E-state index in [9.17, 15) is 0 Å². The van der Waals surface area contributed by atoms with Crippen molar-refractivity contribution in [1.29, 1.82) is 0 Å². The zero-order chi connectivity index (χ0) is 14.0. The second-order valence-electron chi connectivity index (χ2n) is 5.40. The van der Waals surface area contributed by atoms with Crippen LogP contribution in [0.25, 0.3) is 0 Å². The summed E-state index contributed by atoms with van der Waals surface area (Å²) in [5.74, 6) is 0.785. The second-order valence-corrected chi connectivity index (χ2v) is 5.40. The Kier molecular flexibility index (Phi) is 6.81. The Morgan fingerprint density at radius 2 is 2.15 bits per heavy atom. The van der Waals surface area contributed by atoms with Gasteiger partial charge in [0.15, 0.2) is 0 Å². The maximum Gasteiger partial charge on any atom is 0.217 e. The number of nitrogens with zero attached hydrogens (tertiary/aromatic N) is 2. The highest BCUT2D eigenvalue weighted by Gasteiger charge is 2.10. The van der Waals surface area contributed by atoms with Crippen molar-refractivity contribution >= 4 is 0 Å².